The van der Waals surface area contributed by atoms with Crippen molar-refractivity contribution in [2.24, 2.45) is 0 Å². The largest absolute Gasteiger partial charge is 0.468 e. The summed E-state index contributed by atoms with van der Waals surface area (Å²) in [6.45, 7) is 0.515. The summed E-state index contributed by atoms with van der Waals surface area (Å²) < 4.78 is 53.1. The molecule has 1 aromatic heterocycles. The predicted octanol–water partition coefficient (Wildman–Crippen LogP) is 2.99. The van der Waals surface area contributed by atoms with Crippen molar-refractivity contribution in [3.8, 4) is 0 Å². The molecule has 1 aromatic carbocycles. The highest BCUT2D eigenvalue weighted by Crippen LogP contribution is 2.22. The predicted molar refractivity (Wildman–Crippen MR) is 83.3 cm³/mol. The van der Waals surface area contributed by atoms with E-state index < -0.39 is 20.5 Å². The summed E-state index contributed by atoms with van der Waals surface area (Å²) in [5, 5.41) is 3.14. The molecule has 0 spiro atoms. The zero-order chi connectivity index (χ0) is 17.0. The van der Waals surface area contributed by atoms with Crippen LogP contribution in [0.25, 0.3) is 0 Å². The summed E-state index contributed by atoms with van der Waals surface area (Å²) in [7, 11) is -0.738. The summed E-state index contributed by atoms with van der Waals surface area (Å²) in [5.41, 5.74) is 0.636. The van der Waals surface area contributed by atoms with Gasteiger partial charge in [-0.05, 0) is 50.5 Å². The molecule has 0 aliphatic carbocycles. The number of halogens is 2. The zero-order valence-corrected chi connectivity index (χ0v) is 13.6. The topological polar surface area (TPSA) is 62.6 Å². The van der Waals surface area contributed by atoms with E-state index in [1.54, 1.807) is 12.3 Å². The fourth-order valence-corrected chi connectivity index (χ4v) is 2.82. The summed E-state index contributed by atoms with van der Waals surface area (Å²) in [4.78, 5) is 1.58. The quantitative estimate of drug-likeness (QED) is 0.837. The van der Waals surface area contributed by atoms with Crippen molar-refractivity contribution in [3.05, 3.63) is 48.4 Å². The lowest BCUT2D eigenvalue weighted by atomic mass is 10.2. The number of furan rings is 1. The van der Waals surface area contributed by atoms with Gasteiger partial charge in [0, 0.05) is 12.2 Å². The molecule has 1 N–H and O–H groups in total. The lowest BCUT2D eigenvalue weighted by Gasteiger charge is -2.23. The minimum absolute atomic E-state index is 0.0190. The zero-order valence-electron chi connectivity index (χ0n) is 12.7. The number of rotatable bonds is 7. The van der Waals surface area contributed by atoms with Gasteiger partial charge in [-0.25, -0.2) is 8.42 Å². The van der Waals surface area contributed by atoms with Gasteiger partial charge in [-0.3, -0.25) is 4.90 Å². The molecule has 2 rings (SSSR count). The molecule has 1 atom stereocenters. The Kier molecular flexibility index (Phi) is 5.38. The van der Waals surface area contributed by atoms with Crippen LogP contribution in [0.4, 0.5) is 14.5 Å². The molecule has 1 heterocycles. The van der Waals surface area contributed by atoms with Crippen molar-refractivity contribution < 1.29 is 21.6 Å². The van der Waals surface area contributed by atoms with Gasteiger partial charge in [0.15, 0.2) is 0 Å². The van der Waals surface area contributed by atoms with Crippen LogP contribution < -0.4 is 5.32 Å². The molecule has 0 saturated heterocycles. The molecule has 2 aromatic rings. The van der Waals surface area contributed by atoms with Crippen molar-refractivity contribution in [2.45, 2.75) is 16.7 Å². The van der Waals surface area contributed by atoms with Gasteiger partial charge in [0.2, 0.25) is 9.84 Å². The molecule has 0 amide bonds. The van der Waals surface area contributed by atoms with Crippen LogP contribution in [0, 0.1) is 0 Å². The fourth-order valence-electron chi connectivity index (χ4n) is 2.10. The smallest absolute Gasteiger partial charge is 0.341 e. The number of hydrogen-bond donors (Lipinski definition) is 1. The highest BCUT2D eigenvalue weighted by Gasteiger charge is 2.26. The lowest BCUT2D eigenvalue weighted by molar-refractivity contribution is 0.234. The standard InChI is InChI=1S/C15H18F2N2O3S/c1-19(2)13(14-4-3-9-22-14)10-18-11-5-7-12(8-6-11)23(20,21)15(16)17/h3-9,13,15,18H,10H2,1-2H3. The van der Waals surface area contributed by atoms with Crippen LogP contribution >= 0.6 is 0 Å². The molecule has 0 bridgehead atoms. The van der Waals surface area contributed by atoms with E-state index in [1.165, 1.54) is 24.3 Å². The van der Waals surface area contributed by atoms with Crippen molar-refractivity contribution in [2.75, 3.05) is 26.0 Å². The van der Waals surface area contributed by atoms with Gasteiger partial charge in [-0.1, -0.05) is 0 Å². The monoisotopic (exact) mass is 344 g/mol. The highest BCUT2D eigenvalue weighted by molar-refractivity contribution is 7.91. The Hall–Kier alpha value is -1.93. The third kappa shape index (κ3) is 4.08. The Morgan fingerprint density at radius 3 is 2.30 bits per heavy atom. The maximum Gasteiger partial charge on any atom is 0.341 e. The van der Waals surface area contributed by atoms with Crippen molar-refractivity contribution in [3.63, 3.8) is 0 Å². The molecule has 0 aliphatic heterocycles. The number of likely N-dealkylation sites (N-methyl/N-ethyl adjacent to an activating group) is 1. The first-order chi connectivity index (χ1) is 10.8. The molecular formula is C15H18F2N2O3S. The van der Waals surface area contributed by atoms with E-state index in [4.69, 9.17) is 4.42 Å². The lowest BCUT2D eigenvalue weighted by Crippen LogP contribution is -2.26. The molecule has 0 radical (unpaired) electrons. The van der Waals surface area contributed by atoms with E-state index >= 15 is 0 Å². The Labute approximate surface area is 133 Å². The van der Waals surface area contributed by atoms with Gasteiger partial charge in [-0.15, -0.1) is 0 Å². The van der Waals surface area contributed by atoms with Crippen LogP contribution in [0.5, 0.6) is 0 Å². The first-order valence-corrected chi connectivity index (χ1v) is 8.43. The third-order valence-electron chi connectivity index (χ3n) is 3.41. The molecular weight excluding hydrogens is 326 g/mol. The molecule has 0 aliphatic rings. The SMILES string of the molecule is CN(C)C(CNc1ccc(S(=O)(=O)C(F)F)cc1)c1ccco1. The number of sulfone groups is 1. The molecule has 126 valence electrons. The minimum atomic E-state index is -4.56. The second kappa shape index (κ2) is 7.10. The van der Waals surface area contributed by atoms with Gasteiger partial charge >= 0.3 is 5.76 Å². The summed E-state index contributed by atoms with van der Waals surface area (Å²) >= 11 is 0. The number of hydrogen-bond acceptors (Lipinski definition) is 5. The summed E-state index contributed by atoms with van der Waals surface area (Å²) in [5.74, 6) is -2.63. The van der Waals surface area contributed by atoms with Crippen LogP contribution in [0.2, 0.25) is 0 Å². The number of benzene rings is 1. The van der Waals surface area contributed by atoms with Gasteiger partial charge in [0.05, 0.1) is 17.2 Å². The molecule has 0 saturated carbocycles. The maximum absolute atomic E-state index is 12.5. The van der Waals surface area contributed by atoms with Crippen LogP contribution in [0.1, 0.15) is 11.8 Å². The van der Waals surface area contributed by atoms with E-state index in [1.807, 2.05) is 25.1 Å². The van der Waals surface area contributed by atoms with Gasteiger partial charge in [-0.2, -0.15) is 8.78 Å². The summed E-state index contributed by atoms with van der Waals surface area (Å²) in [6, 6.07) is 8.91. The molecule has 0 fully saturated rings. The van der Waals surface area contributed by atoms with Crippen molar-refractivity contribution >= 4 is 15.5 Å². The van der Waals surface area contributed by atoms with E-state index in [2.05, 4.69) is 5.32 Å². The van der Waals surface area contributed by atoms with E-state index in [9.17, 15) is 17.2 Å². The van der Waals surface area contributed by atoms with Gasteiger partial charge in [0.1, 0.15) is 5.76 Å². The molecule has 23 heavy (non-hydrogen) atoms. The number of alkyl halides is 2. The van der Waals surface area contributed by atoms with E-state index in [-0.39, 0.29) is 6.04 Å². The first kappa shape index (κ1) is 17.4. The normalized spacial score (nSPS) is 13.5. The van der Waals surface area contributed by atoms with Crippen LogP contribution in [-0.4, -0.2) is 39.7 Å². The fraction of sp³-hybridized carbons (Fsp3) is 0.333. The maximum atomic E-state index is 12.5. The Bertz CT molecular complexity index is 714. The Balaban J connectivity index is 2.07. The van der Waals surface area contributed by atoms with Gasteiger partial charge in [0.25, 0.3) is 0 Å². The Morgan fingerprint density at radius 2 is 1.83 bits per heavy atom. The van der Waals surface area contributed by atoms with Crippen molar-refractivity contribution in [1.29, 1.82) is 0 Å². The Morgan fingerprint density at radius 1 is 1.17 bits per heavy atom. The molecule has 8 heteroatoms. The van der Waals surface area contributed by atoms with Crippen LogP contribution in [-0.2, 0) is 9.84 Å². The molecule has 5 nitrogen and oxygen atoms in total. The second-order valence-electron chi connectivity index (χ2n) is 5.21. The van der Waals surface area contributed by atoms with E-state index in [0.29, 0.717) is 12.2 Å². The first-order valence-electron chi connectivity index (χ1n) is 6.88. The highest BCUT2D eigenvalue weighted by atomic mass is 32.2. The van der Waals surface area contributed by atoms with E-state index in [0.717, 1.165) is 5.76 Å². The van der Waals surface area contributed by atoms with Gasteiger partial charge < -0.3 is 9.73 Å². The van der Waals surface area contributed by atoms with Crippen LogP contribution in [0.3, 0.4) is 0 Å². The average Bonchev–Trinajstić information content (AvgIpc) is 3.01. The van der Waals surface area contributed by atoms with Crippen LogP contribution in [0.15, 0.2) is 52.0 Å². The minimum Gasteiger partial charge on any atom is -0.468 e. The third-order valence-corrected chi connectivity index (χ3v) is 4.81. The second-order valence-corrected chi connectivity index (χ2v) is 7.12. The number of nitrogens with one attached hydrogen (secondary N) is 1. The average molecular weight is 344 g/mol. The van der Waals surface area contributed by atoms with Crippen molar-refractivity contribution in [1.82, 2.24) is 4.90 Å². The number of anilines is 1. The number of nitrogens with zero attached hydrogens (tertiary/aromatic N) is 1. The summed E-state index contributed by atoms with van der Waals surface area (Å²) in [6.07, 6.45) is 1.59. The molecule has 1 unspecified atom stereocenters.